The van der Waals surface area contributed by atoms with Gasteiger partial charge in [-0.05, 0) is 59.0 Å². The van der Waals surface area contributed by atoms with E-state index in [2.05, 4.69) is 5.32 Å². The van der Waals surface area contributed by atoms with Crippen molar-refractivity contribution in [1.82, 2.24) is 0 Å². The molecular formula is C19H13F2IN2O3. The summed E-state index contributed by atoms with van der Waals surface area (Å²) in [7, 11) is 1.50. The van der Waals surface area contributed by atoms with E-state index in [0.29, 0.717) is 5.69 Å². The van der Waals surface area contributed by atoms with Crippen molar-refractivity contribution in [2.45, 2.75) is 0 Å². The first-order valence-corrected chi connectivity index (χ1v) is 8.83. The second-order valence-electron chi connectivity index (χ2n) is 5.57. The Morgan fingerprint density at radius 3 is 2.37 bits per heavy atom. The largest absolute Gasteiger partial charge is 0.459 e. The van der Waals surface area contributed by atoms with E-state index >= 15 is 0 Å². The standard InChI is InChI=1S/C19H13F2IN2O3/c1-24(19(26)16-7-4-8-27-16)15-6-3-2-5-12(15)18(25)23-11-9-13(20)17(22)14(21)10-11/h2-10H,1H3,(H,23,25). The molecule has 2 amide bonds. The zero-order chi connectivity index (χ0) is 19.6. The lowest BCUT2D eigenvalue weighted by Gasteiger charge is -2.19. The highest BCUT2D eigenvalue weighted by Gasteiger charge is 2.21. The smallest absolute Gasteiger partial charge is 0.293 e. The minimum absolute atomic E-state index is 0.0229. The molecule has 0 fully saturated rings. The van der Waals surface area contributed by atoms with Gasteiger partial charge < -0.3 is 14.6 Å². The van der Waals surface area contributed by atoms with Crippen molar-refractivity contribution in [1.29, 1.82) is 0 Å². The van der Waals surface area contributed by atoms with Gasteiger partial charge in [0.05, 0.1) is 21.1 Å². The summed E-state index contributed by atoms with van der Waals surface area (Å²) in [6.45, 7) is 0. The molecule has 0 aliphatic heterocycles. The van der Waals surface area contributed by atoms with Gasteiger partial charge in [0, 0.05) is 12.7 Å². The Morgan fingerprint density at radius 2 is 1.74 bits per heavy atom. The first-order valence-electron chi connectivity index (χ1n) is 7.75. The van der Waals surface area contributed by atoms with Crippen LogP contribution < -0.4 is 10.2 Å². The van der Waals surface area contributed by atoms with Crippen LogP contribution in [0, 0.1) is 15.2 Å². The molecule has 2 aromatic carbocycles. The first-order chi connectivity index (χ1) is 12.9. The van der Waals surface area contributed by atoms with Gasteiger partial charge in [-0.1, -0.05) is 12.1 Å². The van der Waals surface area contributed by atoms with Crippen LogP contribution in [0.25, 0.3) is 0 Å². The Hall–Kier alpha value is -2.75. The van der Waals surface area contributed by atoms with Crippen molar-refractivity contribution in [2.75, 3.05) is 17.3 Å². The Balaban J connectivity index is 1.89. The lowest BCUT2D eigenvalue weighted by molar-refractivity contribution is 0.0966. The summed E-state index contributed by atoms with van der Waals surface area (Å²) in [5, 5.41) is 2.45. The molecule has 138 valence electrons. The van der Waals surface area contributed by atoms with E-state index < -0.39 is 23.4 Å². The molecule has 5 nitrogen and oxygen atoms in total. The molecule has 0 saturated heterocycles. The van der Waals surface area contributed by atoms with Crippen LogP contribution in [0.1, 0.15) is 20.9 Å². The molecule has 1 heterocycles. The lowest BCUT2D eigenvalue weighted by atomic mass is 10.1. The van der Waals surface area contributed by atoms with Crippen LogP contribution in [0.15, 0.2) is 59.2 Å². The van der Waals surface area contributed by atoms with Crippen molar-refractivity contribution in [3.05, 3.63) is 81.3 Å². The van der Waals surface area contributed by atoms with E-state index in [4.69, 9.17) is 4.42 Å². The fourth-order valence-electron chi connectivity index (χ4n) is 2.46. The molecule has 1 aromatic heterocycles. The Labute approximate surface area is 167 Å². The van der Waals surface area contributed by atoms with E-state index in [1.807, 2.05) is 0 Å². The zero-order valence-electron chi connectivity index (χ0n) is 14.0. The van der Waals surface area contributed by atoms with Crippen LogP contribution in [0.4, 0.5) is 20.2 Å². The Morgan fingerprint density at radius 1 is 1.07 bits per heavy atom. The van der Waals surface area contributed by atoms with E-state index in [-0.39, 0.29) is 20.6 Å². The third-order valence-electron chi connectivity index (χ3n) is 3.79. The fourth-order valence-corrected chi connectivity index (χ4v) is 2.77. The van der Waals surface area contributed by atoms with Gasteiger partial charge in [-0.25, -0.2) is 8.78 Å². The summed E-state index contributed by atoms with van der Waals surface area (Å²) in [5.41, 5.74) is 0.465. The Bertz CT molecular complexity index is 983. The maximum atomic E-state index is 13.7. The van der Waals surface area contributed by atoms with Crippen molar-refractivity contribution >= 4 is 45.8 Å². The number of furan rings is 1. The SMILES string of the molecule is CN(C(=O)c1ccco1)c1ccccc1C(=O)Nc1cc(F)c(I)c(F)c1. The minimum Gasteiger partial charge on any atom is -0.459 e. The second-order valence-corrected chi connectivity index (χ2v) is 6.65. The highest BCUT2D eigenvalue weighted by Crippen LogP contribution is 2.24. The lowest BCUT2D eigenvalue weighted by Crippen LogP contribution is -2.28. The van der Waals surface area contributed by atoms with Crippen molar-refractivity contribution in [2.24, 2.45) is 0 Å². The summed E-state index contributed by atoms with van der Waals surface area (Å²) in [6, 6.07) is 11.5. The number of rotatable bonds is 4. The fraction of sp³-hybridized carbons (Fsp3) is 0.0526. The quantitative estimate of drug-likeness (QED) is 0.434. The average Bonchev–Trinajstić information content (AvgIpc) is 3.19. The molecule has 1 N–H and O–H groups in total. The summed E-state index contributed by atoms with van der Waals surface area (Å²) < 4.78 is 32.3. The minimum atomic E-state index is -0.774. The first kappa shape index (κ1) is 19.0. The Kier molecular flexibility index (Phi) is 5.54. The number of hydrogen-bond acceptors (Lipinski definition) is 3. The van der Waals surface area contributed by atoms with Crippen LogP contribution in [-0.4, -0.2) is 18.9 Å². The maximum absolute atomic E-state index is 13.7. The number of amides is 2. The van der Waals surface area contributed by atoms with Gasteiger partial charge in [0.25, 0.3) is 11.8 Å². The molecule has 0 aliphatic rings. The molecule has 0 unspecified atom stereocenters. The van der Waals surface area contributed by atoms with Crippen LogP contribution in [0.5, 0.6) is 0 Å². The average molecular weight is 482 g/mol. The molecule has 27 heavy (non-hydrogen) atoms. The number of carbonyl (C=O) groups excluding carboxylic acids is 2. The maximum Gasteiger partial charge on any atom is 0.293 e. The van der Waals surface area contributed by atoms with Gasteiger partial charge in [-0.15, -0.1) is 0 Å². The summed E-state index contributed by atoms with van der Waals surface area (Å²) in [5.74, 6) is -2.47. The number of benzene rings is 2. The number of carbonyl (C=O) groups is 2. The summed E-state index contributed by atoms with van der Waals surface area (Å²) >= 11 is 1.54. The van der Waals surface area contributed by atoms with Crippen molar-refractivity contribution < 1.29 is 22.8 Å². The number of hydrogen-bond donors (Lipinski definition) is 1. The van der Waals surface area contributed by atoms with Gasteiger partial charge >= 0.3 is 0 Å². The van der Waals surface area contributed by atoms with Crippen LogP contribution >= 0.6 is 22.6 Å². The van der Waals surface area contributed by atoms with Crippen molar-refractivity contribution in [3.63, 3.8) is 0 Å². The van der Waals surface area contributed by atoms with E-state index in [1.54, 1.807) is 46.9 Å². The summed E-state index contributed by atoms with van der Waals surface area (Å²) in [4.78, 5) is 26.4. The van der Waals surface area contributed by atoms with Crippen LogP contribution in [-0.2, 0) is 0 Å². The molecule has 0 atom stereocenters. The van der Waals surface area contributed by atoms with E-state index in [9.17, 15) is 18.4 Å². The number of anilines is 2. The third-order valence-corrected chi connectivity index (χ3v) is 4.82. The van der Waals surface area contributed by atoms with Gasteiger partial charge in [-0.2, -0.15) is 0 Å². The number of halogens is 3. The van der Waals surface area contributed by atoms with E-state index in [0.717, 1.165) is 12.1 Å². The van der Waals surface area contributed by atoms with Gasteiger partial charge in [-0.3, -0.25) is 9.59 Å². The molecule has 0 aliphatic carbocycles. The van der Waals surface area contributed by atoms with Gasteiger partial charge in [0.2, 0.25) is 0 Å². The molecule has 0 saturated carbocycles. The number of nitrogens with one attached hydrogen (secondary N) is 1. The monoisotopic (exact) mass is 482 g/mol. The molecule has 0 bridgehead atoms. The second kappa shape index (κ2) is 7.87. The van der Waals surface area contributed by atoms with Crippen molar-refractivity contribution in [3.8, 4) is 0 Å². The van der Waals surface area contributed by atoms with E-state index in [1.165, 1.54) is 30.3 Å². The predicted octanol–water partition coefficient (Wildman–Crippen LogP) is 4.69. The highest BCUT2D eigenvalue weighted by atomic mass is 127. The molecule has 3 aromatic rings. The molecule has 3 rings (SSSR count). The molecular weight excluding hydrogens is 469 g/mol. The number of para-hydroxylation sites is 1. The molecule has 0 radical (unpaired) electrons. The predicted molar refractivity (Wildman–Crippen MR) is 105 cm³/mol. The zero-order valence-corrected chi connectivity index (χ0v) is 16.2. The summed E-state index contributed by atoms with van der Waals surface area (Å²) in [6.07, 6.45) is 1.37. The van der Waals surface area contributed by atoms with Crippen LogP contribution in [0.3, 0.4) is 0 Å². The highest BCUT2D eigenvalue weighted by molar-refractivity contribution is 14.1. The number of nitrogens with zero attached hydrogens (tertiary/aromatic N) is 1. The van der Waals surface area contributed by atoms with Gasteiger partial charge in [0.1, 0.15) is 11.6 Å². The normalized spacial score (nSPS) is 10.5. The third kappa shape index (κ3) is 4.00. The molecule has 8 heteroatoms. The topological polar surface area (TPSA) is 62.6 Å². The van der Waals surface area contributed by atoms with Crippen LogP contribution in [0.2, 0.25) is 0 Å². The molecule has 0 spiro atoms. The van der Waals surface area contributed by atoms with Gasteiger partial charge in [0.15, 0.2) is 5.76 Å².